The Morgan fingerprint density at radius 2 is 1.39 bits per heavy atom. The van der Waals surface area contributed by atoms with Crippen molar-refractivity contribution >= 4 is 11.6 Å². The van der Waals surface area contributed by atoms with Crippen molar-refractivity contribution in [2.45, 2.75) is 19.3 Å². The van der Waals surface area contributed by atoms with Crippen LogP contribution in [0.2, 0.25) is 0 Å². The van der Waals surface area contributed by atoms with Gasteiger partial charge in [-0.15, -0.1) is 0 Å². The third kappa shape index (κ3) is 3.86. The van der Waals surface area contributed by atoms with E-state index in [1.165, 1.54) is 35.4 Å². The van der Waals surface area contributed by atoms with Crippen molar-refractivity contribution in [1.29, 1.82) is 0 Å². The molecule has 0 bridgehead atoms. The monoisotopic (exact) mass is 374 g/mol. The highest BCUT2D eigenvalue weighted by Crippen LogP contribution is 2.23. The summed E-state index contributed by atoms with van der Waals surface area (Å²) in [6.45, 7) is -0.0515. The van der Waals surface area contributed by atoms with Gasteiger partial charge in [0.25, 0.3) is 0 Å². The van der Waals surface area contributed by atoms with Crippen molar-refractivity contribution in [3.8, 4) is 5.75 Å². The average molecular weight is 374 g/mol. The largest absolute Gasteiger partial charge is 0.485 e. The molecule has 0 radical (unpaired) electrons. The van der Waals surface area contributed by atoms with Crippen molar-refractivity contribution in [2.75, 3.05) is 6.61 Å². The molecule has 140 valence electrons. The van der Waals surface area contributed by atoms with Crippen LogP contribution in [0.5, 0.6) is 5.75 Å². The molecule has 0 saturated carbocycles. The Labute approximate surface area is 162 Å². The summed E-state index contributed by atoms with van der Waals surface area (Å²) in [5.41, 5.74) is 4.16. The maximum absolute atomic E-state index is 13.0. The molecular formula is C24H19FO3. The molecule has 0 unspecified atom stereocenters. The lowest BCUT2D eigenvalue weighted by atomic mass is 10.0. The van der Waals surface area contributed by atoms with Gasteiger partial charge in [-0.1, -0.05) is 12.1 Å². The summed E-state index contributed by atoms with van der Waals surface area (Å²) in [5.74, 6) is -0.125. The third-order valence-corrected chi connectivity index (χ3v) is 5.01. The van der Waals surface area contributed by atoms with E-state index in [1.807, 2.05) is 18.2 Å². The van der Waals surface area contributed by atoms with Crippen LogP contribution < -0.4 is 4.74 Å². The molecule has 0 atom stereocenters. The molecule has 0 heterocycles. The topological polar surface area (TPSA) is 43.4 Å². The summed E-state index contributed by atoms with van der Waals surface area (Å²) in [7, 11) is 0. The maximum atomic E-state index is 13.0. The summed E-state index contributed by atoms with van der Waals surface area (Å²) in [4.78, 5) is 24.8. The minimum atomic E-state index is -0.381. The van der Waals surface area contributed by atoms with Crippen LogP contribution in [-0.4, -0.2) is 18.2 Å². The van der Waals surface area contributed by atoms with Crippen LogP contribution in [-0.2, 0) is 12.8 Å². The fourth-order valence-corrected chi connectivity index (χ4v) is 3.45. The van der Waals surface area contributed by atoms with Gasteiger partial charge in [0.2, 0.25) is 0 Å². The van der Waals surface area contributed by atoms with Crippen LogP contribution in [0.15, 0.2) is 66.7 Å². The minimum absolute atomic E-state index is 0.0515. The molecule has 4 heteroatoms. The number of halogens is 1. The first-order valence-corrected chi connectivity index (χ1v) is 9.28. The smallest absolute Gasteiger partial charge is 0.200 e. The molecule has 4 rings (SSSR count). The first-order valence-electron chi connectivity index (χ1n) is 9.28. The second-order valence-electron chi connectivity index (χ2n) is 6.91. The van der Waals surface area contributed by atoms with E-state index >= 15 is 0 Å². The predicted molar refractivity (Wildman–Crippen MR) is 105 cm³/mol. The highest BCUT2D eigenvalue weighted by molar-refractivity contribution is 6.09. The second-order valence-corrected chi connectivity index (χ2v) is 6.91. The highest BCUT2D eigenvalue weighted by atomic mass is 19.1. The fraction of sp³-hybridized carbons (Fsp3) is 0.167. The Bertz CT molecular complexity index is 1020. The number of benzene rings is 3. The van der Waals surface area contributed by atoms with Crippen molar-refractivity contribution < 1.29 is 18.7 Å². The van der Waals surface area contributed by atoms with Crippen LogP contribution in [0.3, 0.4) is 0 Å². The molecule has 0 fully saturated rings. The van der Waals surface area contributed by atoms with E-state index in [1.54, 1.807) is 24.3 Å². The number of aryl methyl sites for hydroxylation is 2. The van der Waals surface area contributed by atoms with E-state index in [-0.39, 0.29) is 24.0 Å². The quantitative estimate of drug-likeness (QED) is 0.582. The Kier molecular flexibility index (Phi) is 5.02. The summed E-state index contributed by atoms with van der Waals surface area (Å²) in [6, 6.07) is 17.9. The van der Waals surface area contributed by atoms with E-state index in [0.717, 1.165) is 19.3 Å². The number of ketones is 2. The molecule has 28 heavy (non-hydrogen) atoms. The number of rotatable bonds is 6. The van der Waals surface area contributed by atoms with Crippen LogP contribution in [0, 0.1) is 5.82 Å². The zero-order chi connectivity index (χ0) is 19.5. The SMILES string of the molecule is O=C(COc1ccc(C(=O)c2ccc(F)cc2)cc1)c1ccc2c(c1)CCC2. The van der Waals surface area contributed by atoms with Crippen molar-refractivity contribution in [1.82, 2.24) is 0 Å². The van der Waals surface area contributed by atoms with Crippen molar-refractivity contribution in [2.24, 2.45) is 0 Å². The molecule has 0 saturated heterocycles. The minimum Gasteiger partial charge on any atom is -0.485 e. The molecule has 0 N–H and O–H groups in total. The van der Waals surface area contributed by atoms with Gasteiger partial charge in [0.15, 0.2) is 18.2 Å². The molecule has 0 aromatic heterocycles. The zero-order valence-electron chi connectivity index (χ0n) is 15.3. The normalized spacial score (nSPS) is 12.5. The Morgan fingerprint density at radius 3 is 2.11 bits per heavy atom. The average Bonchev–Trinajstić information content (AvgIpc) is 3.20. The summed E-state index contributed by atoms with van der Waals surface area (Å²) < 4.78 is 18.6. The van der Waals surface area contributed by atoms with Gasteiger partial charge in [-0.2, -0.15) is 0 Å². The highest BCUT2D eigenvalue weighted by Gasteiger charge is 2.15. The number of fused-ring (bicyclic) bond motifs is 1. The van der Waals surface area contributed by atoms with Gasteiger partial charge >= 0.3 is 0 Å². The standard InChI is InChI=1S/C24H19FO3/c25-21-10-6-17(7-11-21)24(27)18-8-12-22(13-9-18)28-15-23(26)20-5-4-16-2-1-3-19(16)14-20/h4-14H,1-3,15H2. The number of ether oxygens (including phenoxy) is 1. The van der Waals surface area contributed by atoms with Gasteiger partial charge in [-0.3, -0.25) is 9.59 Å². The molecular weight excluding hydrogens is 355 g/mol. The van der Waals surface area contributed by atoms with Gasteiger partial charge in [-0.25, -0.2) is 4.39 Å². The van der Waals surface area contributed by atoms with Crippen LogP contribution >= 0.6 is 0 Å². The number of hydrogen-bond donors (Lipinski definition) is 0. The number of hydrogen-bond acceptors (Lipinski definition) is 3. The first-order chi connectivity index (χ1) is 13.6. The lowest BCUT2D eigenvalue weighted by molar-refractivity contribution is 0.0920. The summed E-state index contributed by atoms with van der Waals surface area (Å²) >= 11 is 0. The van der Waals surface area contributed by atoms with E-state index < -0.39 is 0 Å². The van der Waals surface area contributed by atoms with Gasteiger partial charge in [-0.05, 0) is 85.0 Å². The van der Waals surface area contributed by atoms with Crippen molar-refractivity contribution in [3.63, 3.8) is 0 Å². The molecule has 1 aliphatic carbocycles. The van der Waals surface area contributed by atoms with Gasteiger partial charge in [0.05, 0.1) is 0 Å². The van der Waals surface area contributed by atoms with Crippen LogP contribution in [0.25, 0.3) is 0 Å². The van der Waals surface area contributed by atoms with Gasteiger partial charge in [0.1, 0.15) is 11.6 Å². The van der Waals surface area contributed by atoms with Crippen molar-refractivity contribution in [3.05, 3.63) is 100 Å². The molecule has 3 aromatic rings. The fourth-order valence-electron chi connectivity index (χ4n) is 3.45. The van der Waals surface area contributed by atoms with E-state index in [0.29, 0.717) is 22.4 Å². The van der Waals surface area contributed by atoms with E-state index in [4.69, 9.17) is 4.74 Å². The first kappa shape index (κ1) is 18.1. The number of Topliss-reactive ketones (excluding diaryl/α,β-unsaturated/α-hetero) is 1. The predicted octanol–water partition coefficient (Wildman–Crippen LogP) is 4.81. The Hall–Kier alpha value is -3.27. The lowest BCUT2D eigenvalue weighted by Crippen LogP contribution is -2.12. The molecule has 0 aliphatic heterocycles. The molecule has 0 amide bonds. The van der Waals surface area contributed by atoms with Crippen LogP contribution in [0.4, 0.5) is 4.39 Å². The summed E-state index contributed by atoms with van der Waals surface area (Å²) in [5, 5.41) is 0. The number of carbonyl (C=O) groups is 2. The molecule has 1 aliphatic rings. The van der Waals surface area contributed by atoms with Crippen LogP contribution in [0.1, 0.15) is 43.8 Å². The molecule has 3 nitrogen and oxygen atoms in total. The summed E-state index contributed by atoms with van der Waals surface area (Å²) in [6.07, 6.45) is 3.26. The zero-order valence-corrected chi connectivity index (χ0v) is 15.3. The lowest BCUT2D eigenvalue weighted by Gasteiger charge is -2.08. The van der Waals surface area contributed by atoms with E-state index in [2.05, 4.69) is 0 Å². The van der Waals surface area contributed by atoms with E-state index in [9.17, 15) is 14.0 Å². The second kappa shape index (κ2) is 7.77. The van der Waals surface area contributed by atoms with Gasteiger partial charge in [0, 0.05) is 16.7 Å². The maximum Gasteiger partial charge on any atom is 0.200 e. The Balaban J connectivity index is 1.38. The molecule has 3 aromatic carbocycles. The third-order valence-electron chi connectivity index (χ3n) is 5.01. The number of carbonyl (C=O) groups excluding carboxylic acids is 2. The Morgan fingerprint density at radius 1 is 0.786 bits per heavy atom. The van der Waals surface area contributed by atoms with Gasteiger partial charge < -0.3 is 4.74 Å². The molecule has 0 spiro atoms.